The van der Waals surface area contributed by atoms with Crippen LogP contribution in [-0.2, 0) is 14.8 Å². The predicted molar refractivity (Wildman–Crippen MR) is 147 cm³/mol. The number of carbonyl (C=O) groups excluding carboxylic acids is 2. The van der Waals surface area contributed by atoms with Crippen molar-refractivity contribution in [2.24, 2.45) is 5.92 Å². The van der Waals surface area contributed by atoms with Gasteiger partial charge in [-0.25, -0.2) is 17.5 Å². The second-order valence-corrected chi connectivity index (χ2v) is 11.1. The zero-order valence-electron chi connectivity index (χ0n) is 22.0. The average molecular weight is 516 g/mol. The third-order valence-electron chi connectivity index (χ3n) is 6.84. The highest BCUT2D eigenvalue weighted by atomic mass is 32.2. The van der Waals surface area contributed by atoms with Crippen LogP contribution in [0.4, 0.5) is 4.79 Å². The number of hydrogen-bond donors (Lipinski definition) is 0. The molecule has 2 fully saturated rings. The molecule has 3 rings (SSSR count). The smallest absolute Gasteiger partial charge is 0.323 e. The van der Waals surface area contributed by atoms with Crippen molar-refractivity contribution in [1.29, 1.82) is 0 Å². The summed E-state index contributed by atoms with van der Waals surface area (Å²) in [5.74, 6) is -0.0590. The molecule has 1 aromatic rings. The number of likely N-dealkylation sites (N-methyl/N-ethyl adjacent to an activating group) is 1. The lowest BCUT2D eigenvalue weighted by atomic mass is 9.78. The third kappa shape index (κ3) is 7.81. The number of rotatable bonds is 7. The largest absolute Gasteiger partial charge is 0.327 e. The summed E-state index contributed by atoms with van der Waals surface area (Å²) in [5, 5.41) is 0. The first-order valence-corrected chi connectivity index (χ1v) is 14.0. The molecule has 7 nitrogen and oxygen atoms in total. The number of terminal acetylenes is 1. The van der Waals surface area contributed by atoms with Crippen LogP contribution in [0.25, 0.3) is 0 Å². The lowest BCUT2D eigenvalue weighted by Gasteiger charge is -2.35. The molecule has 0 saturated carbocycles. The Morgan fingerprint density at radius 1 is 1.17 bits per heavy atom. The van der Waals surface area contributed by atoms with Gasteiger partial charge in [-0.1, -0.05) is 42.5 Å². The van der Waals surface area contributed by atoms with Crippen LogP contribution < -0.4 is 0 Å². The van der Waals surface area contributed by atoms with E-state index in [1.165, 1.54) is 15.5 Å². The number of urea groups is 1. The normalized spacial score (nSPS) is 21.4. The van der Waals surface area contributed by atoms with Gasteiger partial charge >= 0.3 is 6.03 Å². The molecular weight excluding hydrogens is 474 g/mol. The van der Waals surface area contributed by atoms with E-state index in [4.69, 9.17) is 0 Å². The molecule has 2 aliphatic rings. The molecule has 198 valence electrons. The number of imide groups is 1. The second kappa shape index (κ2) is 14.6. The van der Waals surface area contributed by atoms with Crippen molar-refractivity contribution in [2.75, 3.05) is 26.4 Å². The Balaban J connectivity index is 0.00000120. The number of nitrogens with zero attached hydrogens (tertiary/aromatic N) is 3. The lowest BCUT2D eigenvalue weighted by molar-refractivity contribution is -0.130. The maximum absolute atomic E-state index is 13.4. The van der Waals surface area contributed by atoms with Crippen molar-refractivity contribution in [3.63, 3.8) is 0 Å². The van der Waals surface area contributed by atoms with E-state index in [0.717, 1.165) is 5.56 Å². The highest BCUT2D eigenvalue weighted by Crippen LogP contribution is 2.37. The number of sulfonamides is 1. The van der Waals surface area contributed by atoms with Gasteiger partial charge < -0.3 is 4.90 Å². The van der Waals surface area contributed by atoms with Gasteiger partial charge in [0.25, 0.3) is 0 Å². The van der Waals surface area contributed by atoms with Gasteiger partial charge in [-0.05, 0) is 50.5 Å². The summed E-state index contributed by atoms with van der Waals surface area (Å²) in [5.41, 5.74) is 1.06. The third-order valence-corrected chi connectivity index (χ3v) is 8.15. The zero-order valence-corrected chi connectivity index (χ0v) is 22.9. The Hall–Kier alpha value is -2.89. The van der Waals surface area contributed by atoms with E-state index in [2.05, 4.69) is 26.0 Å². The van der Waals surface area contributed by atoms with Crippen molar-refractivity contribution in [3.8, 4) is 12.8 Å². The fraction of sp³-hybridized carbons (Fsp3) is 0.500. The number of benzene rings is 1. The molecule has 0 aromatic heterocycles. The Kier molecular flexibility index (Phi) is 12.6. The minimum Gasteiger partial charge on any atom is -0.323 e. The first kappa shape index (κ1) is 31.1. The summed E-state index contributed by atoms with van der Waals surface area (Å²) in [7, 11) is -1.48. The van der Waals surface area contributed by atoms with Gasteiger partial charge in [-0.3, -0.25) is 9.69 Å². The molecule has 0 spiro atoms. The van der Waals surface area contributed by atoms with Crippen molar-refractivity contribution in [1.82, 2.24) is 14.1 Å². The van der Waals surface area contributed by atoms with Crippen molar-refractivity contribution >= 4 is 22.0 Å². The minimum atomic E-state index is -3.21. The number of carbonyl (C=O) groups is 2. The molecule has 2 heterocycles. The van der Waals surface area contributed by atoms with Crippen molar-refractivity contribution in [3.05, 3.63) is 61.2 Å². The van der Waals surface area contributed by atoms with E-state index in [-0.39, 0.29) is 42.3 Å². The van der Waals surface area contributed by atoms with Crippen LogP contribution in [0.1, 0.15) is 51.0 Å². The van der Waals surface area contributed by atoms with E-state index in [9.17, 15) is 18.0 Å². The van der Waals surface area contributed by atoms with Crippen molar-refractivity contribution < 1.29 is 18.0 Å². The van der Waals surface area contributed by atoms with Gasteiger partial charge in [-0.2, -0.15) is 0 Å². The Labute approximate surface area is 217 Å². The van der Waals surface area contributed by atoms with Crippen LogP contribution in [0.15, 0.2) is 55.6 Å². The van der Waals surface area contributed by atoms with Crippen LogP contribution in [0.2, 0.25) is 0 Å². The highest BCUT2D eigenvalue weighted by Gasteiger charge is 2.45. The first-order chi connectivity index (χ1) is 17.1. The van der Waals surface area contributed by atoms with Crippen LogP contribution >= 0.6 is 0 Å². The van der Waals surface area contributed by atoms with E-state index in [1.54, 1.807) is 24.1 Å². The average Bonchev–Trinajstić information content (AvgIpc) is 3.08. The molecule has 2 saturated heterocycles. The molecule has 0 radical (unpaired) electrons. The van der Waals surface area contributed by atoms with Crippen LogP contribution in [0.3, 0.4) is 0 Å². The number of piperidine rings is 1. The maximum atomic E-state index is 13.4. The summed E-state index contributed by atoms with van der Waals surface area (Å²) in [6, 6.07) is 9.34. The van der Waals surface area contributed by atoms with Crippen LogP contribution in [0.5, 0.6) is 0 Å². The van der Waals surface area contributed by atoms with E-state index < -0.39 is 10.0 Å². The number of allylic oxidation sites excluding steroid dienone is 1. The zero-order chi connectivity index (χ0) is 27.5. The minimum absolute atomic E-state index is 0.0613. The van der Waals surface area contributed by atoms with E-state index in [1.807, 2.05) is 44.2 Å². The Bertz CT molecular complexity index is 998. The summed E-state index contributed by atoms with van der Waals surface area (Å²) < 4.78 is 25.3. The highest BCUT2D eigenvalue weighted by molar-refractivity contribution is 7.88. The molecule has 0 bridgehead atoms. The second-order valence-electron chi connectivity index (χ2n) is 9.12. The standard InChI is InChI=1S/C23H33N3O4S.C3H6.C2H2/c1-5-9-21-17(2)24(3)23(28)26(21)22(27)16-20(18-10-7-6-8-11-18)19-12-14-25(15-13-19)31(4,29)30;1-3-2;1-2/h5-8,10-11,17,19-21H,1,9,12-16H2,2-4H3;3H,1H2,2H3;1-2H. The van der Waals surface area contributed by atoms with E-state index in [0.29, 0.717) is 32.4 Å². The SMILES string of the molecule is C#C.C=CC.C=CCC1C(C)N(C)C(=O)N1C(=O)CC(c1ccccc1)C1CCN(S(C)(=O)=O)CC1. The Morgan fingerprint density at radius 3 is 2.17 bits per heavy atom. The fourth-order valence-electron chi connectivity index (χ4n) is 4.88. The molecule has 0 aliphatic carbocycles. The van der Waals surface area contributed by atoms with Gasteiger partial charge in [0.15, 0.2) is 0 Å². The molecule has 3 atom stereocenters. The Morgan fingerprint density at radius 2 is 1.69 bits per heavy atom. The molecule has 3 unspecified atom stereocenters. The van der Waals surface area contributed by atoms with Crippen LogP contribution in [-0.4, -0.2) is 72.9 Å². The summed E-state index contributed by atoms with van der Waals surface area (Å²) in [6.07, 6.45) is 14.9. The quantitative estimate of drug-likeness (QED) is 0.396. The monoisotopic (exact) mass is 515 g/mol. The van der Waals surface area contributed by atoms with Gasteiger partial charge in [-0.15, -0.1) is 26.0 Å². The predicted octanol–water partition coefficient (Wildman–Crippen LogP) is 4.50. The van der Waals surface area contributed by atoms with E-state index >= 15 is 0 Å². The summed E-state index contributed by atoms with van der Waals surface area (Å²) in [4.78, 5) is 29.3. The fourth-order valence-corrected chi connectivity index (χ4v) is 5.75. The molecule has 8 heteroatoms. The number of hydrogen-bond acceptors (Lipinski definition) is 4. The van der Waals surface area contributed by atoms with Gasteiger partial charge in [0, 0.05) is 26.6 Å². The molecule has 3 amide bonds. The van der Waals surface area contributed by atoms with Gasteiger partial charge in [0.1, 0.15) is 0 Å². The molecule has 36 heavy (non-hydrogen) atoms. The number of amides is 3. The molecule has 1 aromatic carbocycles. The van der Waals surface area contributed by atoms with Gasteiger partial charge in [0.05, 0.1) is 18.3 Å². The lowest BCUT2D eigenvalue weighted by Crippen LogP contribution is -2.43. The molecular formula is C28H41N3O4S. The first-order valence-electron chi connectivity index (χ1n) is 12.2. The van der Waals surface area contributed by atoms with Crippen molar-refractivity contribution in [2.45, 2.75) is 57.5 Å². The molecule has 0 N–H and O–H groups in total. The topological polar surface area (TPSA) is 78.0 Å². The summed E-state index contributed by atoms with van der Waals surface area (Å²) >= 11 is 0. The summed E-state index contributed by atoms with van der Waals surface area (Å²) in [6.45, 7) is 11.9. The van der Waals surface area contributed by atoms with Gasteiger partial charge in [0.2, 0.25) is 15.9 Å². The molecule has 2 aliphatic heterocycles. The maximum Gasteiger partial charge on any atom is 0.327 e. The van der Waals surface area contributed by atoms with Crippen LogP contribution in [0, 0.1) is 18.8 Å².